The minimum atomic E-state index is -0.691. The molecule has 4 atom stereocenters. The number of hydrogen-bond donors (Lipinski definition) is 1. The lowest BCUT2D eigenvalue weighted by molar-refractivity contribution is -0.123. The lowest BCUT2D eigenvalue weighted by Gasteiger charge is -2.42. The van der Waals surface area contributed by atoms with Crippen LogP contribution in [0.1, 0.15) is 52.7 Å². The lowest BCUT2D eigenvalue weighted by atomic mass is 9.59. The van der Waals surface area contributed by atoms with Crippen LogP contribution < -0.4 is 4.90 Å². The van der Waals surface area contributed by atoms with Crippen molar-refractivity contribution >= 4 is 50.8 Å². The zero-order valence-electron chi connectivity index (χ0n) is 22.2. The highest BCUT2D eigenvalue weighted by Crippen LogP contribution is 2.56. The van der Waals surface area contributed by atoms with Gasteiger partial charge in [0.25, 0.3) is 0 Å². The molecular formula is C32H26BrNO6. The fourth-order valence-corrected chi connectivity index (χ4v) is 7.29. The molecule has 40 heavy (non-hydrogen) atoms. The number of phenolic OH excluding ortho intramolecular Hbond substituents is 1. The molecule has 6 rings (SSSR count). The number of carbonyl (C=O) groups is 5. The Morgan fingerprint density at radius 3 is 2.25 bits per heavy atom. The third-order valence-electron chi connectivity index (χ3n) is 8.71. The van der Waals surface area contributed by atoms with E-state index in [1.54, 1.807) is 38.1 Å². The Bertz CT molecular complexity index is 1640. The van der Waals surface area contributed by atoms with Crippen LogP contribution in [0.5, 0.6) is 5.75 Å². The molecule has 0 radical (unpaired) electrons. The first-order chi connectivity index (χ1) is 19.0. The molecule has 0 bridgehead atoms. The van der Waals surface area contributed by atoms with Gasteiger partial charge >= 0.3 is 0 Å². The molecule has 0 aromatic heterocycles. The molecule has 0 spiro atoms. The number of hydrogen-bond acceptors (Lipinski definition) is 6. The van der Waals surface area contributed by atoms with Crippen molar-refractivity contribution in [3.05, 3.63) is 92.0 Å². The van der Waals surface area contributed by atoms with Crippen LogP contribution in [0, 0.1) is 31.6 Å². The molecule has 0 unspecified atom stereocenters. The molecule has 2 aromatic carbocycles. The number of Topliss-reactive ketones (excluding diaryl/α,β-unsaturated/α-hetero) is 2. The summed E-state index contributed by atoms with van der Waals surface area (Å²) in [5, 5.41) is 10.4. The molecule has 202 valence electrons. The van der Waals surface area contributed by atoms with Crippen LogP contribution in [0.25, 0.3) is 0 Å². The maximum Gasteiger partial charge on any atom is 0.238 e. The van der Waals surface area contributed by atoms with E-state index in [2.05, 4.69) is 15.9 Å². The second-order valence-corrected chi connectivity index (χ2v) is 11.9. The number of anilines is 1. The molecular weight excluding hydrogens is 574 g/mol. The second kappa shape index (κ2) is 9.34. The van der Waals surface area contributed by atoms with Gasteiger partial charge in [-0.2, -0.15) is 0 Å². The van der Waals surface area contributed by atoms with Gasteiger partial charge in [0.1, 0.15) is 5.75 Å². The predicted molar refractivity (Wildman–Crippen MR) is 151 cm³/mol. The summed E-state index contributed by atoms with van der Waals surface area (Å²) < 4.78 is 0.175. The van der Waals surface area contributed by atoms with Gasteiger partial charge in [-0.05, 0) is 96.4 Å². The number of ketones is 3. The number of allylic oxidation sites excluding steroid dienone is 6. The highest BCUT2D eigenvalue weighted by Gasteiger charge is 2.56. The number of aromatic hydroxyl groups is 1. The monoisotopic (exact) mass is 599 g/mol. The van der Waals surface area contributed by atoms with E-state index in [0.717, 1.165) is 11.1 Å². The van der Waals surface area contributed by atoms with Gasteiger partial charge < -0.3 is 5.11 Å². The molecule has 1 aliphatic heterocycles. The number of fused-ring (bicyclic) bond motifs is 3. The van der Waals surface area contributed by atoms with E-state index in [-0.39, 0.29) is 45.8 Å². The van der Waals surface area contributed by atoms with E-state index in [4.69, 9.17) is 0 Å². The van der Waals surface area contributed by atoms with E-state index in [9.17, 15) is 29.1 Å². The summed E-state index contributed by atoms with van der Waals surface area (Å²) in [7, 11) is 0. The fourth-order valence-electron chi connectivity index (χ4n) is 6.84. The standard InChI is InChI=1S/C32H26BrNO6/c1-14-10-18(11-15(2)29(14)37)26-20-8-9-21-27(22(20)12-23-28(26)25(36)13-24(33)30(23)38)32(40)34(31(21)39)19-6-4-17(5-7-19)16(3)35/h4-8,10-11,13,21-22,26-27,37H,9,12H2,1-3H3/t21-,22+,26-,27-/m0/s1. The molecule has 2 amide bonds. The Labute approximate surface area is 239 Å². The Morgan fingerprint density at radius 1 is 0.975 bits per heavy atom. The Kier molecular flexibility index (Phi) is 6.14. The molecule has 7 nitrogen and oxygen atoms in total. The van der Waals surface area contributed by atoms with Crippen LogP contribution in [0.4, 0.5) is 5.69 Å². The number of halogens is 1. The highest BCUT2D eigenvalue weighted by molar-refractivity contribution is 9.12. The molecule has 4 aliphatic rings. The van der Waals surface area contributed by atoms with Gasteiger partial charge in [0.15, 0.2) is 17.3 Å². The summed E-state index contributed by atoms with van der Waals surface area (Å²) in [5.74, 6) is -3.46. The van der Waals surface area contributed by atoms with Crippen LogP contribution in [-0.4, -0.2) is 34.3 Å². The number of carbonyl (C=O) groups excluding carboxylic acids is 5. The third-order valence-corrected chi connectivity index (χ3v) is 9.30. The third kappa shape index (κ3) is 3.80. The molecule has 8 heteroatoms. The molecule has 1 N–H and O–H groups in total. The SMILES string of the molecule is CC(=O)c1ccc(N2C(=O)[C@H]3[C@H](CC=C4[C@H](c5cc(C)c(O)c(C)c5)C5=C(C[C@H]43)C(=O)C(Br)=CC5=O)C2=O)cc1. The Hall–Kier alpha value is -3.91. The molecule has 3 aliphatic carbocycles. The van der Waals surface area contributed by atoms with Crippen molar-refractivity contribution in [3.63, 3.8) is 0 Å². The molecule has 2 aromatic rings. The van der Waals surface area contributed by atoms with Crippen molar-refractivity contribution in [2.45, 2.75) is 39.5 Å². The van der Waals surface area contributed by atoms with Gasteiger partial charge in [-0.15, -0.1) is 0 Å². The summed E-state index contributed by atoms with van der Waals surface area (Å²) in [4.78, 5) is 67.3. The summed E-state index contributed by atoms with van der Waals surface area (Å²) in [6.07, 6.45) is 3.78. The van der Waals surface area contributed by atoms with E-state index in [0.29, 0.717) is 39.9 Å². The van der Waals surface area contributed by atoms with Gasteiger partial charge in [0.05, 0.1) is 22.0 Å². The largest absolute Gasteiger partial charge is 0.507 e. The lowest BCUT2D eigenvalue weighted by Crippen LogP contribution is -2.39. The number of nitrogens with zero attached hydrogens (tertiary/aromatic N) is 1. The Balaban J connectivity index is 1.47. The molecule has 1 heterocycles. The average molecular weight is 600 g/mol. The van der Waals surface area contributed by atoms with Crippen molar-refractivity contribution in [3.8, 4) is 5.75 Å². The smallest absolute Gasteiger partial charge is 0.238 e. The van der Waals surface area contributed by atoms with Gasteiger partial charge in [-0.1, -0.05) is 23.8 Å². The quantitative estimate of drug-likeness (QED) is 0.225. The van der Waals surface area contributed by atoms with Crippen molar-refractivity contribution in [2.75, 3.05) is 4.90 Å². The minimum Gasteiger partial charge on any atom is -0.507 e. The van der Waals surface area contributed by atoms with Gasteiger partial charge in [-0.25, -0.2) is 0 Å². The van der Waals surface area contributed by atoms with Crippen molar-refractivity contribution in [2.24, 2.45) is 17.8 Å². The van der Waals surface area contributed by atoms with Crippen molar-refractivity contribution < 1.29 is 29.1 Å². The zero-order valence-corrected chi connectivity index (χ0v) is 23.7. The van der Waals surface area contributed by atoms with Gasteiger partial charge in [0, 0.05) is 28.7 Å². The number of phenols is 1. The number of amides is 2. The van der Waals surface area contributed by atoms with E-state index in [1.165, 1.54) is 17.9 Å². The number of aryl methyl sites for hydroxylation is 2. The first-order valence-electron chi connectivity index (χ1n) is 13.2. The van der Waals surface area contributed by atoms with Crippen molar-refractivity contribution in [1.82, 2.24) is 0 Å². The summed E-state index contributed by atoms with van der Waals surface area (Å²) in [5.41, 5.74) is 4.55. The van der Waals surface area contributed by atoms with Gasteiger partial charge in [-0.3, -0.25) is 28.9 Å². The summed E-state index contributed by atoms with van der Waals surface area (Å²) in [6.45, 7) is 5.02. The fraction of sp³-hybridized carbons (Fsp3) is 0.281. The van der Waals surface area contributed by atoms with Crippen LogP contribution >= 0.6 is 15.9 Å². The van der Waals surface area contributed by atoms with E-state index < -0.39 is 23.7 Å². The zero-order chi connectivity index (χ0) is 28.6. The first-order valence-corrected chi connectivity index (χ1v) is 14.0. The average Bonchev–Trinajstić information content (AvgIpc) is 3.18. The van der Waals surface area contributed by atoms with E-state index in [1.807, 2.05) is 18.2 Å². The number of imide groups is 1. The first kappa shape index (κ1) is 26.3. The number of benzene rings is 2. The van der Waals surface area contributed by atoms with Crippen LogP contribution in [0.2, 0.25) is 0 Å². The summed E-state index contributed by atoms with van der Waals surface area (Å²) >= 11 is 3.24. The highest BCUT2D eigenvalue weighted by atomic mass is 79.9. The summed E-state index contributed by atoms with van der Waals surface area (Å²) in [6, 6.07) is 10.1. The normalized spacial score (nSPS) is 25.9. The minimum absolute atomic E-state index is 0.114. The van der Waals surface area contributed by atoms with Crippen molar-refractivity contribution in [1.29, 1.82) is 0 Å². The molecule has 1 saturated heterocycles. The maximum atomic E-state index is 14.0. The maximum absolute atomic E-state index is 14.0. The molecule has 1 fully saturated rings. The van der Waals surface area contributed by atoms with Crippen LogP contribution in [-0.2, 0) is 19.2 Å². The molecule has 0 saturated carbocycles. The number of rotatable bonds is 3. The second-order valence-electron chi connectivity index (χ2n) is 11.0. The topological polar surface area (TPSA) is 109 Å². The van der Waals surface area contributed by atoms with Crippen LogP contribution in [0.3, 0.4) is 0 Å². The Morgan fingerprint density at radius 2 is 1.62 bits per heavy atom. The predicted octanol–water partition coefficient (Wildman–Crippen LogP) is 5.18. The van der Waals surface area contributed by atoms with Crippen LogP contribution in [0.15, 0.2) is 69.8 Å². The van der Waals surface area contributed by atoms with E-state index >= 15 is 0 Å². The van der Waals surface area contributed by atoms with Gasteiger partial charge in [0.2, 0.25) is 11.8 Å².